The second kappa shape index (κ2) is 7.09. The number of phenolic OH excluding ortho intramolecular Hbond substituents is 1. The summed E-state index contributed by atoms with van der Waals surface area (Å²) >= 11 is 1.11. The second-order valence-corrected chi connectivity index (χ2v) is 7.15. The fourth-order valence-corrected chi connectivity index (χ4v) is 3.91. The molecular formula is C18H16F2N4O2S. The van der Waals surface area contributed by atoms with E-state index in [2.05, 4.69) is 15.6 Å². The maximum absolute atomic E-state index is 14.5. The fourth-order valence-electron chi connectivity index (χ4n) is 3.03. The average Bonchev–Trinajstić information content (AvgIpc) is 3.05. The van der Waals surface area contributed by atoms with Gasteiger partial charge >= 0.3 is 0 Å². The molecular weight excluding hydrogens is 374 g/mol. The SMILES string of the molecule is O=C(Nc1nc2c(O)cccc2s1)c1c(F)cc(N2CCNCC2)cc1F. The number of para-hydroxylation sites is 1. The maximum Gasteiger partial charge on any atom is 0.263 e. The number of anilines is 2. The molecule has 1 amide bonds. The minimum atomic E-state index is -0.926. The summed E-state index contributed by atoms with van der Waals surface area (Å²) < 4.78 is 29.6. The smallest absolute Gasteiger partial charge is 0.263 e. The minimum absolute atomic E-state index is 0.0259. The van der Waals surface area contributed by atoms with Gasteiger partial charge in [0.2, 0.25) is 0 Å². The van der Waals surface area contributed by atoms with Gasteiger partial charge in [0.25, 0.3) is 5.91 Å². The summed E-state index contributed by atoms with van der Waals surface area (Å²) in [5.41, 5.74) is 0.0816. The second-order valence-electron chi connectivity index (χ2n) is 6.12. The third-order valence-electron chi connectivity index (χ3n) is 4.35. The lowest BCUT2D eigenvalue weighted by molar-refractivity contribution is 0.101. The van der Waals surface area contributed by atoms with Gasteiger partial charge in [-0.3, -0.25) is 10.1 Å². The topological polar surface area (TPSA) is 77.5 Å². The van der Waals surface area contributed by atoms with Crippen molar-refractivity contribution in [3.63, 3.8) is 0 Å². The molecule has 0 radical (unpaired) electrons. The molecule has 0 saturated carbocycles. The van der Waals surface area contributed by atoms with Gasteiger partial charge in [-0.25, -0.2) is 13.8 Å². The van der Waals surface area contributed by atoms with E-state index in [9.17, 15) is 18.7 Å². The fraction of sp³-hybridized carbons (Fsp3) is 0.222. The largest absolute Gasteiger partial charge is 0.506 e. The van der Waals surface area contributed by atoms with Gasteiger partial charge in [-0.05, 0) is 24.3 Å². The molecule has 1 saturated heterocycles. The molecule has 0 aliphatic carbocycles. The van der Waals surface area contributed by atoms with Gasteiger partial charge < -0.3 is 15.3 Å². The van der Waals surface area contributed by atoms with Gasteiger partial charge in [0.15, 0.2) is 5.13 Å². The van der Waals surface area contributed by atoms with Crippen LogP contribution in [-0.2, 0) is 0 Å². The molecule has 1 aromatic heterocycles. The Hall–Kier alpha value is -2.78. The average molecular weight is 390 g/mol. The van der Waals surface area contributed by atoms with E-state index in [4.69, 9.17) is 0 Å². The number of halogens is 2. The number of amides is 1. The van der Waals surface area contributed by atoms with Crippen molar-refractivity contribution < 1.29 is 18.7 Å². The summed E-state index contributed by atoms with van der Waals surface area (Å²) in [5, 5.41) is 15.5. The van der Waals surface area contributed by atoms with Crippen molar-refractivity contribution in [3.05, 3.63) is 47.5 Å². The zero-order valence-corrected chi connectivity index (χ0v) is 14.9. The van der Waals surface area contributed by atoms with Crippen LogP contribution in [0.3, 0.4) is 0 Å². The summed E-state index contributed by atoms with van der Waals surface area (Å²) in [5.74, 6) is -2.80. The zero-order chi connectivity index (χ0) is 19.0. The summed E-state index contributed by atoms with van der Waals surface area (Å²) in [7, 11) is 0. The minimum Gasteiger partial charge on any atom is -0.506 e. The third kappa shape index (κ3) is 3.43. The predicted octanol–water partition coefficient (Wildman–Crippen LogP) is 2.94. The standard InChI is InChI=1S/C18H16F2N4O2S/c19-11-8-10(24-6-4-21-5-7-24)9-12(20)15(11)17(26)23-18-22-16-13(25)2-1-3-14(16)27-18/h1-3,8-9,21,25H,4-7H2,(H,22,23,26). The number of hydrogen-bond donors (Lipinski definition) is 3. The van der Waals surface area contributed by atoms with Crippen molar-refractivity contribution in [1.82, 2.24) is 10.3 Å². The summed E-state index contributed by atoms with van der Waals surface area (Å²) in [6.07, 6.45) is 0. The molecule has 1 aliphatic heterocycles. The van der Waals surface area contributed by atoms with Crippen LogP contribution >= 0.6 is 11.3 Å². The number of rotatable bonds is 3. The number of carbonyl (C=O) groups excluding carboxylic acids is 1. The van der Waals surface area contributed by atoms with E-state index in [1.165, 1.54) is 18.2 Å². The summed E-state index contributed by atoms with van der Waals surface area (Å²) in [4.78, 5) is 18.4. The van der Waals surface area contributed by atoms with Crippen LogP contribution in [0.5, 0.6) is 5.75 Å². The van der Waals surface area contributed by atoms with Crippen LogP contribution in [0.15, 0.2) is 30.3 Å². The van der Waals surface area contributed by atoms with Gasteiger partial charge in [-0.2, -0.15) is 0 Å². The molecule has 9 heteroatoms. The number of piperazine rings is 1. The molecule has 140 valence electrons. The highest BCUT2D eigenvalue weighted by Crippen LogP contribution is 2.32. The predicted molar refractivity (Wildman–Crippen MR) is 101 cm³/mol. The van der Waals surface area contributed by atoms with E-state index < -0.39 is 23.1 Å². The van der Waals surface area contributed by atoms with Crippen molar-refractivity contribution in [2.45, 2.75) is 0 Å². The molecule has 3 aromatic rings. The van der Waals surface area contributed by atoms with Crippen LogP contribution < -0.4 is 15.5 Å². The molecule has 3 N–H and O–H groups in total. The number of carbonyl (C=O) groups is 1. The molecule has 0 unspecified atom stereocenters. The number of benzene rings is 2. The van der Waals surface area contributed by atoms with Crippen LogP contribution in [0.4, 0.5) is 19.6 Å². The van der Waals surface area contributed by atoms with Crippen molar-refractivity contribution >= 4 is 38.3 Å². The Kier molecular flexibility index (Phi) is 4.63. The summed E-state index contributed by atoms with van der Waals surface area (Å²) in [6, 6.07) is 7.20. The van der Waals surface area contributed by atoms with Crippen LogP contribution in [-0.4, -0.2) is 42.2 Å². The maximum atomic E-state index is 14.5. The lowest BCUT2D eigenvalue weighted by Crippen LogP contribution is -2.43. The van der Waals surface area contributed by atoms with Gasteiger partial charge in [-0.1, -0.05) is 17.4 Å². The molecule has 2 heterocycles. The first kappa shape index (κ1) is 17.6. The number of nitrogens with zero attached hydrogens (tertiary/aromatic N) is 2. The first-order valence-electron chi connectivity index (χ1n) is 8.37. The highest BCUT2D eigenvalue weighted by Gasteiger charge is 2.22. The van der Waals surface area contributed by atoms with Crippen LogP contribution in [0.2, 0.25) is 0 Å². The molecule has 0 atom stereocenters. The molecule has 4 rings (SSSR count). The van der Waals surface area contributed by atoms with Crippen molar-refractivity contribution in [3.8, 4) is 5.75 Å². The highest BCUT2D eigenvalue weighted by atomic mass is 32.1. The van der Waals surface area contributed by atoms with Gasteiger partial charge in [0, 0.05) is 31.9 Å². The van der Waals surface area contributed by atoms with E-state index in [1.54, 1.807) is 12.1 Å². The Morgan fingerprint density at radius 2 is 1.93 bits per heavy atom. The number of phenols is 1. The Morgan fingerprint density at radius 1 is 1.22 bits per heavy atom. The molecule has 27 heavy (non-hydrogen) atoms. The normalized spacial score (nSPS) is 14.5. The van der Waals surface area contributed by atoms with E-state index in [0.717, 1.165) is 24.4 Å². The first-order chi connectivity index (χ1) is 13.0. The zero-order valence-electron chi connectivity index (χ0n) is 14.1. The number of fused-ring (bicyclic) bond motifs is 1. The van der Waals surface area contributed by atoms with E-state index in [0.29, 0.717) is 29.0 Å². The number of hydrogen-bond acceptors (Lipinski definition) is 6. The lowest BCUT2D eigenvalue weighted by Gasteiger charge is -2.29. The Balaban J connectivity index is 1.60. The Labute approximate surface area is 157 Å². The van der Waals surface area contributed by atoms with Gasteiger partial charge in [-0.15, -0.1) is 0 Å². The molecule has 1 aliphatic rings. The quantitative estimate of drug-likeness (QED) is 0.641. The number of thiazole rings is 1. The molecule has 6 nitrogen and oxygen atoms in total. The Morgan fingerprint density at radius 3 is 2.59 bits per heavy atom. The molecule has 0 bridgehead atoms. The third-order valence-corrected chi connectivity index (χ3v) is 5.29. The lowest BCUT2D eigenvalue weighted by atomic mass is 10.1. The van der Waals surface area contributed by atoms with Gasteiger partial charge in [0.05, 0.1) is 4.70 Å². The first-order valence-corrected chi connectivity index (χ1v) is 9.19. The van der Waals surface area contributed by atoms with E-state index >= 15 is 0 Å². The number of aromatic hydroxyl groups is 1. The van der Waals surface area contributed by atoms with Crippen molar-refractivity contribution in [1.29, 1.82) is 0 Å². The van der Waals surface area contributed by atoms with Crippen LogP contribution in [0.25, 0.3) is 10.2 Å². The molecule has 2 aromatic carbocycles. The molecule has 1 fully saturated rings. The van der Waals surface area contributed by atoms with Crippen molar-refractivity contribution in [2.75, 3.05) is 36.4 Å². The Bertz CT molecular complexity index is 995. The van der Waals surface area contributed by atoms with Crippen LogP contribution in [0.1, 0.15) is 10.4 Å². The highest BCUT2D eigenvalue weighted by molar-refractivity contribution is 7.22. The monoisotopic (exact) mass is 390 g/mol. The van der Waals surface area contributed by atoms with E-state index in [1.807, 2.05) is 4.90 Å². The van der Waals surface area contributed by atoms with Crippen LogP contribution in [0, 0.1) is 11.6 Å². The van der Waals surface area contributed by atoms with Gasteiger partial charge in [0.1, 0.15) is 28.5 Å². The number of aromatic nitrogens is 1. The summed E-state index contributed by atoms with van der Waals surface area (Å²) in [6.45, 7) is 2.74. The van der Waals surface area contributed by atoms with E-state index in [-0.39, 0.29) is 10.9 Å². The molecule has 0 spiro atoms. The number of nitrogens with one attached hydrogen (secondary N) is 2. The van der Waals surface area contributed by atoms with Crippen molar-refractivity contribution in [2.24, 2.45) is 0 Å².